The molecule has 0 heterocycles. The van der Waals surface area contributed by atoms with Crippen LogP contribution in [0.5, 0.6) is 0 Å². The molecule has 0 radical (unpaired) electrons. The van der Waals surface area contributed by atoms with E-state index < -0.39 is 0 Å². The molecule has 0 aromatic heterocycles. The van der Waals surface area contributed by atoms with Gasteiger partial charge in [-0.2, -0.15) is 0 Å². The average Bonchev–Trinajstić information content (AvgIpc) is 2.22. The van der Waals surface area contributed by atoms with Gasteiger partial charge in [-0.15, -0.1) is 11.6 Å². The van der Waals surface area contributed by atoms with E-state index in [0.717, 1.165) is 6.42 Å². The first-order chi connectivity index (χ1) is 6.67. The first-order valence-corrected chi connectivity index (χ1v) is 5.82. The second-order valence-corrected chi connectivity index (χ2v) is 4.43. The molecule has 1 aromatic carbocycles. The quantitative estimate of drug-likeness (QED) is 0.653. The summed E-state index contributed by atoms with van der Waals surface area (Å²) in [5.74, 6) is 1.28. The summed E-state index contributed by atoms with van der Waals surface area (Å²) in [6.45, 7) is 6.72. The normalized spacial score (nSPS) is 15.5. The van der Waals surface area contributed by atoms with Gasteiger partial charge in [-0.05, 0) is 17.9 Å². The highest BCUT2D eigenvalue weighted by molar-refractivity contribution is 6.18. The Bertz CT molecular complexity index is 260. The molecule has 0 aliphatic heterocycles. The van der Waals surface area contributed by atoms with Crippen LogP contribution in [0.3, 0.4) is 0 Å². The van der Waals surface area contributed by atoms with Crippen molar-refractivity contribution in [2.24, 2.45) is 5.92 Å². The predicted molar refractivity (Wildman–Crippen MR) is 64.0 cm³/mol. The summed E-state index contributed by atoms with van der Waals surface area (Å²) in [4.78, 5) is 0. The van der Waals surface area contributed by atoms with Gasteiger partial charge in [-0.25, -0.2) is 0 Å². The minimum absolute atomic E-state index is 0.142. The van der Waals surface area contributed by atoms with Gasteiger partial charge in [0.1, 0.15) is 0 Å². The number of hydrogen-bond acceptors (Lipinski definition) is 0. The van der Waals surface area contributed by atoms with Gasteiger partial charge < -0.3 is 0 Å². The maximum Gasteiger partial charge on any atom is 0.0322 e. The van der Waals surface area contributed by atoms with Crippen molar-refractivity contribution in [3.05, 3.63) is 35.9 Å². The molecule has 1 unspecified atom stereocenters. The molecule has 0 aliphatic carbocycles. The van der Waals surface area contributed by atoms with E-state index in [9.17, 15) is 0 Å². The number of rotatable bonds is 4. The summed E-state index contributed by atoms with van der Waals surface area (Å²) in [5, 5.41) is 0. The number of hydrogen-bond donors (Lipinski definition) is 0. The third-order valence-corrected chi connectivity index (χ3v) is 3.80. The fraction of sp³-hybridized carbons (Fsp3) is 0.538. The van der Waals surface area contributed by atoms with Crippen LogP contribution in [0.25, 0.3) is 0 Å². The highest BCUT2D eigenvalue weighted by atomic mass is 35.5. The molecule has 0 saturated heterocycles. The van der Waals surface area contributed by atoms with Crippen molar-refractivity contribution in [3.8, 4) is 0 Å². The Morgan fingerprint density at radius 3 is 2.14 bits per heavy atom. The molecular formula is C13H19Cl. The summed E-state index contributed by atoms with van der Waals surface area (Å²) >= 11 is 6.15. The van der Waals surface area contributed by atoms with Crippen LogP contribution in [0, 0.1) is 5.92 Å². The van der Waals surface area contributed by atoms with Crippen LogP contribution >= 0.6 is 11.6 Å². The van der Waals surface area contributed by atoms with Crippen LogP contribution in [0.4, 0.5) is 0 Å². The molecule has 1 rings (SSSR count). The molecule has 0 saturated carbocycles. The van der Waals surface area contributed by atoms with Gasteiger partial charge in [0.05, 0.1) is 0 Å². The molecule has 1 heteroatoms. The number of alkyl halides is 1. The second-order valence-electron chi connectivity index (χ2n) is 4.16. The SMILES string of the molecule is CCC(CCl)(c1ccccc1)C(C)C. The topological polar surface area (TPSA) is 0 Å². The number of halogens is 1. The summed E-state index contributed by atoms with van der Waals surface area (Å²) in [7, 11) is 0. The van der Waals surface area contributed by atoms with Crippen molar-refractivity contribution in [1.82, 2.24) is 0 Å². The molecule has 0 N–H and O–H groups in total. The Morgan fingerprint density at radius 1 is 1.21 bits per heavy atom. The third-order valence-electron chi connectivity index (χ3n) is 3.32. The summed E-state index contributed by atoms with van der Waals surface area (Å²) < 4.78 is 0. The fourth-order valence-corrected chi connectivity index (χ4v) is 2.69. The van der Waals surface area contributed by atoms with E-state index in [-0.39, 0.29) is 5.41 Å². The van der Waals surface area contributed by atoms with Crippen molar-refractivity contribution >= 4 is 11.6 Å². The average molecular weight is 211 g/mol. The zero-order valence-electron chi connectivity index (χ0n) is 9.26. The molecule has 0 spiro atoms. The fourth-order valence-electron chi connectivity index (χ4n) is 2.04. The minimum atomic E-state index is 0.142. The van der Waals surface area contributed by atoms with Crippen LogP contribution in [-0.4, -0.2) is 5.88 Å². The van der Waals surface area contributed by atoms with Crippen LogP contribution in [0.15, 0.2) is 30.3 Å². The molecule has 0 aliphatic rings. The zero-order valence-corrected chi connectivity index (χ0v) is 10.0. The van der Waals surface area contributed by atoms with Gasteiger partial charge in [0.25, 0.3) is 0 Å². The molecule has 78 valence electrons. The van der Waals surface area contributed by atoms with Gasteiger partial charge in [-0.3, -0.25) is 0 Å². The van der Waals surface area contributed by atoms with E-state index >= 15 is 0 Å². The molecule has 0 fully saturated rings. The van der Waals surface area contributed by atoms with Crippen molar-refractivity contribution in [1.29, 1.82) is 0 Å². The monoisotopic (exact) mass is 210 g/mol. The van der Waals surface area contributed by atoms with Gasteiger partial charge in [0.15, 0.2) is 0 Å². The van der Waals surface area contributed by atoms with Crippen LogP contribution in [0.2, 0.25) is 0 Å². The molecule has 1 aromatic rings. The standard InChI is InChI=1S/C13H19Cl/c1-4-13(10-14,11(2)3)12-8-6-5-7-9-12/h5-9,11H,4,10H2,1-3H3. The van der Waals surface area contributed by atoms with E-state index in [0.29, 0.717) is 11.8 Å². The van der Waals surface area contributed by atoms with Crippen molar-refractivity contribution in [3.63, 3.8) is 0 Å². The Labute approximate surface area is 92.3 Å². The summed E-state index contributed by atoms with van der Waals surface area (Å²) in [6.07, 6.45) is 1.10. The minimum Gasteiger partial charge on any atom is -0.126 e. The predicted octanol–water partition coefficient (Wildman–Crippen LogP) is 4.23. The Morgan fingerprint density at radius 2 is 1.79 bits per heavy atom. The smallest absolute Gasteiger partial charge is 0.0322 e. The Kier molecular flexibility index (Phi) is 4.00. The summed E-state index contributed by atoms with van der Waals surface area (Å²) in [5.41, 5.74) is 1.51. The lowest BCUT2D eigenvalue weighted by Gasteiger charge is -2.35. The lowest BCUT2D eigenvalue weighted by molar-refractivity contribution is 0.331. The van der Waals surface area contributed by atoms with E-state index in [1.807, 2.05) is 0 Å². The van der Waals surface area contributed by atoms with Gasteiger partial charge >= 0.3 is 0 Å². The maximum absolute atomic E-state index is 6.15. The van der Waals surface area contributed by atoms with Gasteiger partial charge in [0, 0.05) is 11.3 Å². The molecule has 14 heavy (non-hydrogen) atoms. The first-order valence-electron chi connectivity index (χ1n) is 5.29. The highest BCUT2D eigenvalue weighted by Gasteiger charge is 2.32. The zero-order chi connectivity index (χ0) is 10.6. The Hall–Kier alpha value is -0.490. The summed E-state index contributed by atoms with van der Waals surface area (Å²) in [6, 6.07) is 10.6. The van der Waals surface area contributed by atoms with E-state index in [2.05, 4.69) is 51.1 Å². The van der Waals surface area contributed by atoms with Crippen molar-refractivity contribution < 1.29 is 0 Å². The Balaban J connectivity index is 3.11. The van der Waals surface area contributed by atoms with Crippen LogP contribution < -0.4 is 0 Å². The van der Waals surface area contributed by atoms with Crippen molar-refractivity contribution in [2.75, 3.05) is 5.88 Å². The maximum atomic E-state index is 6.15. The van der Waals surface area contributed by atoms with E-state index in [4.69, 9.17) is 11.6 Å². The molecule has 0 bridgehead atoms. The number of benzene rings is 1. The van der Waals surface area contributed by atoms with E-state index in [1.165, 1.54) is 5.56 Å². The third kappa shape index (κ3) is 1.95. The lowest BCUT2D eigenvalue weighted by Crippen LogP contribution is -2.33. The van der Waals surface area contributed by atoms with Crippen LogP contribution in [0.1, 0.15) is 32.8 Å². The molecule has 0 nitrogen and oxygen atoms in total. The molecule has 0 amide bonds. The van der Waals surface area contributed by atoms with E-state index in [1.54, 1.807) is 0 Å². The van der Waals surface area contributed by atoms with Crippen LogP contribution in [-0.2, 0) is 5.41 Å². The molecular weight excluding hydrogens is 192 g/mol. The largest absolute Gasteiger partial charge is 0.126 e. The lowest BCUT2D eigenvalue weighted by atomic mass is 9.71. The van der Waals surface area contributed by atoms with Gasteiger partial charge in [0.2, 0.25) is 0 Å². The van der Waals surface area contributed by atoms with Crippen molar-refractivity contribution in [2.45, 2.75) is 32.6 Å². The molecule has 1 atom stereocenters. The van der Waals surface area contributed by atoms with Gasteiger partial charge in [-0.1, -0.05) is 51.1 Å². The first kappa shape index (κ1) is 11.6. The second kappa shape index (κ2) is 4.84. The highest BCUT2D eigenvalue weighted by Crippen LogP contribution is 2.36.